The number of carbonyl (C=O) groups excluding carboxylic acids is 1. The molecule has 1 N–H and O–H groups in total. The molecule has 1 aliphatic rings. The van der Waals surface area contributed by atoms with Gasteiger partial charge in [0.05, 0.1) is 22.9 Å². The van der Waals surface area contributed by atoms with Crippen LogP contribution < -0.4 is 4.72 Å². The molecule has 23 heavy (non-hydrogen) atoms. The first-order chi connectivity index (χ1) is 11.6. The van der Waals surface area contributed by atoms with Crippen LogP contribution in [0.15, 0.2) is 29.8 Å². The molecule has 0 aliphatic heterocycles. The predicted molar refractivity (Wildman–Crippen MR) is 86.3 cm³/mol. The zero-order valence-corrected chi connectivity index (χ0v) is 13.9. The van der Waals surface area contributed by atoms with E-state index in [1.807, 2.05) is 0 Å². The first kappa shape index (κ1) is 15.0. The fourth-order valence-corrected chi connectivity index (χ4v) is 3.99. The molecule has 0 saturated carbocycles. The summed E-state index contributed by atoms with van der Waals surface area (Å²) in [6.07, 6.45) is -0.989. The van der Waals surface area contributed by atoms with Crippen molar-refractivity contribution in [2.45, 2.75) is 31.4 Å². The van der Waals surface area contributed by atoms with Crippen LogP contribution in [0.4, 0.5) is 10.1 Å². The highest BCUT2D eigenvalue weighted by atomic mass is 35.5. The highest BCUT2D eigenvalue weighted by Crippen LogP contribution is 2.30. The van der Waals surface area contributed by atoms with Crippen LogP contribution in [0.5, 0.6) is 0 Å². The molecule has 0 bridgehead atoms. The van der Waals surface area contributed by atoms with Crippen molar-refractivity contribution in [1.29, 1.82) is 0 Å². The van der Waals surface area contributed by atoms with E-state index in [1.165, 1.54) is 6.07 Å². The van der Waals surface area contributed by atoms with Crippen molar-refractivity contribution in [3.8, 4) is 0 Å². The fraction of sp³-hybridized carbons (Fsp3) is 0.400. The van der Waals surface area contributed by atoms with Crippen molar-refractivity contribution in [2.24, 2.45) is 0 Å². The average molecular weight is 364 g/mol. The van der Waals surface area contributed by atoms with Gasteiger partial charge in [-0.05, 0) is 44.3 Å². The summed E-state index contributed by atoms with van der Waals surface area (Å²) in [5.74, 6) is -1.50. The van der Waals surface area contributed by atoms with E-state index in [0.717, 1.165) is 18.2 Å². The maximum atomic E-state index is 13.1. The van der Waals surface area contributed by atoms with Gasteiger partial charge in [-0.2, -0.15) is 0 Å². The topological polar surface area (TPSA) is 72.5 Å². The van der Waals surface area contributed by atoms with Crippen molar-refractivity contribution in [3.63, 3.8) is 0 Å². The summed E-state index contributed by atoms with van der Waals surface area (Å²) in [5.41, 5.74) is -0.288. The minimum Gasteiger partial charge on any atom is -0.463 e. The third-order valence-electron chi connectivity index (χ3n) is 3.22. The molecule has 5 nitrogen and oxygen atoms in total. The summed E-state index contributed by atoms with van der Waals surface area (Å²) < 4.78 is 61.1. The lowest BCUT2D eigenvalue weighted by atomic mass is 9.99. The quantitative estimate of drug-likeness (QED) is 0.815. The van der Waals surface area contributed by atoms with Gasteiger partial charge in [0.2, 0.25) is 10.0 Å². The van der Waals surface area contributed by atoms with Crippen LogP contribution in [-0.4, -0.2) is 26.2 Å². The van der Waals surface area contributed by atoms with Crippen LogP contribution in [0.2, 0.25) is 5.02 Å². The standard InChI is InChI=1S/C15H17ClFNO4S/c1-2-22-15(19)11-5-3-4-6-14(11)23(20,21)18-13-8-7-10(17)9-12(13)16/h5,7-9,14,18H,2-4,6H2,1H3/t14-/m1/s1/i3D2. The molecule has 0 saturated heterocycles. The predicted octanol–water partition coefficient (Wildman–Crippen LogP) is 3.26. The van der Waals surface area contributed by atoms with Gasteiger partial charge >= 0.3 is 5.97 Å². The molecule has 8 heteroatoms. The lowest BCUT2D eigenvalue weighted by Crippen LogP contribution is -2.34. The van der Waals surface area contributed by atoms with Gasteiger partial charge in [0.15, 0.2) is 0 Å². The second kappa shape index (κ2) is 7.31. The Morgan fingerprint density at radius 2 is 2.30 bits per heavy atom. The largest absolute Gasteiger partial charge is 0.463 e. The van der Waals surface area contributed by atoms with Gasteiger partial charge in [-0.15, -0.1) is 0 Å². The smallest absolute Gasteiger partial charge is 0.335 e. The Morgan fingerprint density at radius 1 is 1.57 bits per heavy atom. The summed E-state index contributed by atoms with van der Waals surface area (Å²) in [4.78, 5) is 12.1. The molecule has 1 aliphatic carbocycles. The van der Waals surface area contributed by atoms with Gasteiger partial charge in [-0.1, -0.05) is 17.7 Å². The Balaban J connectivity index is 2.37. The second-order valence-corrected chi connectivity index (χ2v) is 7.09. The molecule has 0 unspecified atom stereocenters. The number of sulfonamides is 1. The van der Waals surface area contributed by atoms with Crippen LogP contribution in [-0.2, 0) is 19.6 Å². The van der Waals surface area contributed by atoms with Gasteiger partial charge in [-0.25, -0.2) is 17.6 Å². The number of nitrogens with one attached hydrogen (secondary N) is 1. The maximum Gasteiger partial charge on any atom is 0.335 e. The van der Waals surface area contributed by atoms with E-state index in [0.29, 0.717) is 0 Å². The van der Waals surface area contributed by atoms with Crippen molar-refractivity contribution in [3.05, 3.63) is 40.7 Å². The number of benzene rings is 1. The Labute approximate surface area is 142 Å². The van der Waals surface area contributed by atoms with Crippen LogP contribution in [0.3, 0.4) is 0 Å². The highest BCUT2D eigenvalue weighted by molar-refractivity contribution is 7.93. The fourth-order valence-electron chi connectivity index (χ4n) is 2.17. The monoisotopic (exact) mass is 363 g/mol. The molecule has 126 valence electrons. The van der Waals surface area contributed by atoms with Crippen LogP contribution in [0.25, 0.3) is 0 Å². The van der Waals surface area contributed by atoms with Crippen molar-refractivity contribution in [1.82, 2.24) is 0 Å². The SMILES string of the molecule is [2H]C1([2H])C=C(C(=O)OCC)[C@H](S(=O)(=O)Nc2ccc(F)cc2Cl)CC1. The molecular formula is C15H17ClFNO4S. The number of hydrogen-bond acceptors (Lipinski definition) is 4. The number of rotatable bonds is 5. The third kappa shape index (κ3) is 4.23. The van der Waals surface area contributed by atoms with Gasteiger partial charge < -0.3 is 4.74 Å². The van der Waals surface area contributed by atoms with E-state index in [4.69, 9.17) is 19.1 Å². The molecule has 2 rings (SSSR count). The molecule has 1 aromatic carbocycles. The molecule has 0 amide bonds. The minimum absolute atomic E-state index is 0.0279. The average Bonchev–Trinajstić information content (AvgIpc) is 2.49. The van der Waals surface area contributed by atoms with E-state index in [-0.39, 0.29) is 35.7 Å². The van der Waals surface area contributed by atoms with Crippen molar-refractivity contribution in [2.75, 3.05) is 11.3 Å². The molecule has 1 aromatic rings. The molecule has 0 aromatic heterocycles. The Hall–Kier alpha value is -1.60. The Bertz CT molecular complexity index is 814. The number of ether oxygens (including phenoxy) is 1. The number of anilines is 1. The van der Waals surface area contributed by atoms with Gasteiger partial charge in [0, 0.05) is 2.74 Å². The molecule has 0 fully saturated rings. The lowest BCUT2D eigenvalue weighted by Gasteiger charge is -2.24. The van der Waals surface area contributed by atoms with Crippen LogP contribution in [0.1, 0.15) is 28.9 Å². The maximum absolute atomic E-state index is 13.1. The Morgan fingerprint density at radius 3 is 2.96 bits per heavy atom. The summed E-state index contributed by atoms with van der Waals surface area (Å²) >= 11 is 5.84. The van der Waals surface area contributed by atoms with E-state index in [9.17, 15) is 17.6 Å². The zero-order valence-electron chi connectivity index (χ0n) is 14.3. The second-order valence-electron chi connectivity index (χ2n) is 4.82. The van der Waals surface area contributed by atoms with Crippen molar-refractivity contribution >= 4 is 33.3 Å². The van der Waals surface area contributed by atoms with E-state index in [2.05, 4.69) is 4.72 Å². The van der Waals surface area contributed by atoms with E-state index < -0.39 is 33.4 Å². The third-order valence-corrected chi connectivity index (χ3v) is 5.28. The first-order valence-corrected chi connectivity index (χ1v) is 8.85. The van der Waals surface area contributed by atoms with Crippen molar-refractivity contribution < 1.29 is 25.1 Å². The van der Waals surface area contributed by atoms with Crippen LogP contribution in [0, 0.1) is 5.82 Å². The Kier molecular flexibility index (Phi) is 4.76. The highest BCUT2D eigenvalue weighted by Gasteiger charge is 2.35. The molecule has 0 heterocycles. The van der Waals surface area contributed by atoms with E-state index >= 15 is 0 Å². The minimum atomic E-state index is -4.13. The molecule has 1 atom stereocenters. The number of esters is 1. The normalized spacial score (nSPS) is 21.7. The van der Waals surface area contributed by atoms with Gasteiger partial charge in [-0.3, -0.25) is 4.72 Å². The van der Waals surface area contributed by atoms with Gasteiger partial charge in [0.1, 0.15) is 11.1 Å². The van der Waals surface area contributed by atoms with Gasteiger partial charge in [0.25, 0.3) is 0 Å². The number of allylic oxidation sites excluding steroid dienone is 1. The van der Waals surface area contributed by atoms with Crippen LogP contribution >= 0.6 is 11.6 Å². The summed E-state index contributed by atoms with van der Waals surface area (Å²) in [6, 6.07) is 3.18. The molecule has 0 spiro atoms. The molecular weight excluding hydrogens is 345 g/mol. The van der Waals surface area contributed by atoms with E-state index in [1.54, 1.807) is 6.92 Å². The number of hydrogen-bond donors (Lipinski definition) is 1. The zero-order chi connectivity index (χ0) is 18.8. The lowest BCUT2D eigenvalue weighted by molar-refractivity contribution is -0.138. The summed E-state index contributed by atoms with van der Waals surface area (Å²) in [7, 11) is -4.13. The summed E-state index contributed by atoms with van der Waals surface area (Å²) in [5, 5.41) is -1.42. The number of halogens is 2. The number of carbonyl (C=O) groups is 1. The first-order valence-electron chi connectivity index (χ1n) is 7.92. The molecule has 0 radical (unpaired) electrons. The summed E-state index contributed by atoms with van der Waals surface area (Å²) in [6.45, 7) is 1.60.